The highest BCUT2D eigenvalue weighted by Gasteiger charge is 2.10. The van der Waals surface area contributed by atoms with Gasteiger partial charge < -0.3 is 10.1 Å². The fourth-order valence-corrected chi connectivity index (χ4v) is 4.09. The van der Waals surface area contributed by atoms with Gasteiger partial charge in [0.15, 0.2) is 0 Å². The summed E-state index contributed by atoms with van der Waals surface area (Å²) in [5.41, 5.74) is 0.997. The van der Waals surface area contributed by atoms with Crippen LogP contribution >= 0.6 is 22.5 Å². The Morgan fingerprint density at radius 3 is 2.23 bits per heavy atom. The largest absolute Gasteiger partial charge is 0.445 e. The molecular weight excluding hydrogens is 362 g/mol. The van der Waals surface area contributed by atoms with Crippen molar-refractivity contribution < 1.29 is 9.53 Å². The highest BCUT2D eigenvalue weighted by Crippen LogP contribution is 2.35. The second-order valence-electron chi connectivity index (χ2n) is 6.32. The molecule has 26 heavy (non-hydrogen) atoms. The monoisotopic (exact) mass is 381 g/mol. The van der Waals surface area contributed by atoms with Gasteiger partial charge in [0.1, 0.15) is 6.61 Å². The summed E-state index contributed by atoms with van der Waals surface area (Å²) in [6.07, 6.45) is 0.503. The van der Waals surface area contributed by atoms with Crippen molar-refractivity contribution in [2.75, 3.05) is 12.3 Å². The molecule has 0 unspecified atom stereocenters. The van der Waals surface area contributed by atoms with Gasteiger partial charge in [0.05, 0.1) is 0 Å². The van der Waals surface area contributed by atoms with Gasteiger partial charge in [0, 0.05) is 12.3 Å². The molecule has 0 radical (unpaired) electrons. The Morgan fingerprint density at radius 2 is 1.58 bits per heavy atom. The third kappa shape index (κ3) is 3.41. The molecule has 5 heteroatoms. The molecule has 132 valence electrons. The third-order valence-electron chi connectivity index (χ3n) is 4.57. The van der Waals surface area contributed by atoms with E-state index in [1.165, 1.54) is 43.1 Å². The van der Waals surface area contributed by atoms with Crippen LogP contribution in [0.4, 0.5) is 4.79 Å². The number of carbonyl (C=O) groups excluding carboxylic acids is 1. The summed E-state index contributed by atoms with van der Waals surface area (Å²) in [7, 11) is 1.47. The fourth-order valence-electron chi connectivity index (χ4n) is 3.43. The van der Waals surface area contributed by atoms with Crippen molar-refractivity contribution in [2.24, 2.45) is 0 Å². The van der Waals surface area contributed by atoms with Crippen LogP contribution in [-0.2, 0) is 11.3 Å². The lowest BCUT2D eigenvalue weighted by molar-refractivity contribution is 0.140. The molecular formula is C21H19NO2S2. The minimum atomic E-state index is -0.376. The van der Waals surface area contributed by atoms with E-state index < -0.39 is 0 Å². The summed E-state index contributed by atoms with van der Waals surface area (Å²) in [5, 5.41) is 10.2. The van der Waals surface area contributed by atoms with E-state index in [0.717, 1.165) is 17.7 Å². The zero-order valence-corrected chi connectivity index (χ0v) is 15.9. The summed E-state index contributed by atoms with van der Waals surface area (Å²) in [4.78, 5) is 11.8. The van der Waals surface area contributed by atoms with Crippen molar-refractivity contribution in [2.45, 2.75) is 13.0 Å². The first-order valence-electron chi connectivity index (χ1n) is 8.60. The SMILES string of the molecule is O=C(NCCCSS)OCc1cc2ccc3cccc4ccc(c1)c2c34. The zero-order valence-electron chi connectivity index (χ0n) is 14.2. The topological polar surface area (TPSA) is 38.3 Å². The Kier molecular flexibility index (Phi) is 5.09. The molecule has 0 bridgehead atoms. The van der Waals surface area contributed by atoms with Gasteiger partial charge in [-0.3, -0.25) is 0 Å². The average Bonchev–Trinajstić information content (AvgIpc) is 2.68. The van der Waals surface area contributed by atoms with E-state index in [0.29, 0.717) is 6.54 Å². The molecule has 4 aromatic rings. The van der Waals surface area contributed by atoms with Gasteiger partial charge >= 0.3 is 6.09 Å². The molecule has 3 nitrogen and oxygen atoms in total. The van der Waals surface area contributed by atoms with Gasteiger partial charge in [0.2, 0.25) is 0 Å². The molecule has 0 aliphatic heterocycles. The minimum absolute atomic E-state index is 0.267. The molecule has 0 aromatic heterocycles. The van der Waals surface area contributed by atoms with Crippen LogP contribution in [-0.4, -0.2) is 18.4 Å². The van der Waals surface area contributed by atoms with Gasteiger partial charge in [-0.1, -0.05) is 53.3 Å². The highest BCUT2D eigenvalue weighted by atomic mass is 33.1. The lowest BCUT2D eigenvalue weighted by Crippen LogP contribution is -2.25. The molecule has 0 spiro atoms. The first kappa shape index (κ1) is 17.3. The summed E-state index contributed by atoms with van der Waals surface area (Å²) in [5.74, 6) is 0.902. The molecule has 0 atom stereocenters. The van der Waals surface area contributed by atoms with Crippen molar-refractivity contribution in [1.82, 2.24) is 5.32 Å². The number of hydrogen-bond acceptors (Lipinski definition) is 4. The van der Waals surface area contributed by atoms with Crippen molar-refractivity contribution in [3.05, 3.63) is 60.2 Å². The molecule has 1 N–H and O–H groups in total. The molecule has 0 aliphatic carbocycles. The maximum Gasteiger partial charge on any atom is 0.407 e. The third-order valence-corrected chi connectivity index (χ3v) is 5.59. The van der Waals surface area contributed by atoms with Crippen LogP contribution in [0.1, 0.15) is 12.0 Å². The molecule has 4 aromatic carbocycles. The van der Waals surface area contributed by atoms with Crippen molar-refractivity contribution in [3.8, 4) is 0 Å². The first-order valence-corrected chi connectivity index (χ1v) is 10.6. The summed E-state index contributed by atoms with van der Waals surface area (Å²) in [6, 6.07) is 19.2. The lowest BCUT2D eigenvalue weighted by atomic mass is 9.93. The van der Waals surface area contributed by atoms with Gasteiger partial charge in [-0.25, -0.2) is 4.79 Å². The minimum Gasteiger partial charge on any atom is -0.445 e. The maximum absolute atomic E-state index is 11.8. The molecule has 1 amide bonds. The second-order valence-corrected chi connectivity index (χ2v) is 7.76. The van der Waals surface area contributed by atoms with Crippen LogP contribution in [0.25, 0.3) is 32.3 Å². The van der Waals surface area contributed by atoms with E-state index in [2.05, 4.69) is 71.6 Å². The normalized spacial score (nSPS) is 11.4. The number of nitrogens with one attached hydrogen (secondary N) is 1. The molecule has 0 heterocycles. The van der Waals surface area contributed by atoms with Crippen molar-refractivity contribution in [3.63, 3.8) is 0 Å². The van der Waals surface area contributed by atoms with Gasteiger partial charge in [-0.15, -0.1) is 11.7 Å². The number of carbonyl (C=O) groups is 1. The number of thiol groups is 1. The average molecular weight is 382 g/mol. The van der Waals surface area contributed by atoms with Crippen LogP contribution in [0.3, 0.4) is 0 Å². The van der Waals surface area contributed by atoms with Crippen LogP contribution in [0.5, 0.6) is 0 Å². The van der Waals surface area contributed by atoms with Crippen LogP contribution in [0.15, 0.2) is 54.6 Å². The summed E-state index contributed by atoms with van der Waals surface area (Å²) >= 11 is 4.08. The Bertz CT molecular complexity index is 1000. The first-order chi connectivity index (χ1) is 12.8. The number of benzene rings is 4. The standard InChI is InChI=1S/C21H19NO2S2/c23-21(22-9-2-10-26-25)24-13-14-11-17-7-5-15-3-1-4-16-6-8-18(12-14)20(17)19(15)16/h1,3-8,11-12,25H,2,9-10,13H2,(H,22,23). The van der Waals surface area contributed by atoms with Crippen LogP contribution < -0.4 is 5.32 Å². The number of hydrogen-bond donors (Lipinski definition) is 2. The van der Waals surface area contributed by atoms with Gasteiger partial charge in [0.25, 0.3) is 0 Å². The fraction of sp³-hybridized carbons (Fsp3) is 0.190. The van der Waals surface area contributed by atoms with Crippen LogP contribution in [0.2, 0.25) is 0 Å². The zero-order chi connectivity index (χ0) is 17.9. The molecule has 0 fully saturated rings. The summed E-state index contributed by atoms with van der Waals surface area (Å²) < 4.78 is 5.36. The van der Waals surface area contributed by atoms with Crippen LogP contribution in [0, 0.1) is 0 Å². The Hall–Kier alpha value is -2.11. The van der Waals surface area contributed by atoms with E-state index in [4.69, 9.17) is 4.74 Å². The number of ether oxygens (including phenoxy) is 1. The molecule has 0 aliphatic rings. The van der Waals surface area contributed by atoms with E-state index in [1.807, 2.05) is 0 Å². The van der Waals surface area contributed by atoms with E-state index in [1.54, 1.807) is 0 Å². The number of amides is 1. The Morgan fingerprint density at radius 1 is 0.962 bits per heavy atom. The highest BCUT2D eigenvalue weighted by molar-refractivity contribution is 8.68. The lowest BCUT2D eigenvalue weighted by Gasteiger charge is -2.13. The quantitative estimate of drug-likeness (QED) is 0.192. The molecule has 0 saturated carbocycles. The van der Waals surface area contributed by atoms with Gasteiger partial charge in [-0.2, -0.15) is 0 Å². The van der Waals surface area contributed by atoms with E-state index in [9.17, 15) is 4.79 Å². The predicted molar refractivity (Wildman–Crippen MR) is 114 cm³/mol. The molecule has 0 saturated heterocycles. The van der Waals surface area contributed by atoms with E-state index >= 15 is 0 Å². The van der Waals surface area contributed by atoms with Crippen molar-refractivity contribution >= 4 is 60.9 Å². The maximum atomic E-state index is 11.8. The summed E-state index contributed by atoms with van der Waals surface area (Å²) in [6.45, 7) is 0.872. The Labute approximate surface area is 161 Å². The smallest absolute Gasteiger partial charge is 0.407 e. The number of rotatable bonds is 6. The predicted octanol–water partition coefficient (Wildman–Crippen LogP) is 5.78. The molecule has 4 rings (SSSR count). The van der Waals surface area contributed by atoms with E-state index in [-0.39, 0.29) is 12.7 Å². The van der Waals surface area contributed by atoms with Crippen molar-refractivity contribution in [1.29, 1.82) is 0 Å². The Balaban J connectivity index is 1.56. The van der Waals surface area contributed by atoms with Gasteiger partial charge in [-0.05, 0) is 56.4 Å². The number of alkyl carbamates (subject to hydrolysis) is 1. The second kappa shape index (κ2) is 7.64.